The molecule has 1 saturated heterocycles. The Morgan fingerprint density at radius 2 is 2.20 bits per heavy atom. The Morgan fingerprint density at radius 3 is 2.85 bits per heavy atom. The summed E-state index contributed by atoms with van der Waals surface area (Å²) in [6, 6.07) is 0. The van der Waals surface area contributed by atoms with E-state index in [2.05, 4.69) is 19.9 Å². The summed E-state index contributed by atoms with van der Waals surface area (Å²) < 4.78 is 32.8. The lowest BCUT2D eigenvalue weighted by Crippen LogP contribution is -2.38. The van der Waals surface area contributed by atoms with Crippen molar-refractivity contribution >= 4 is 17.1 Å². The quantitative estimate of drug-likeness (QED) is 0.578. The van der Waals surface area contributed by atoms with Crippen LogP contribution in [0.25, 0.3) is 11.2 Å². The van der Waals surface area contributed by atoms with Crippen molar-refractivity contribution in [2.75, 3.05) is 12.3 Å². The number of aromatic amines is 1. The highest BCUT2D eigenvalue weighted by atomic mass is 19.3. The summed E-state index contributed by atoms with van der Waals surface area (Å²) in [6.45, 7) is -0.722. The number of halogens is 2. The first kappa shape index (κ1) is 13.1. The summed E-state index contributed by atoms with van der Waals surface area (Å²) in [4.78, 5) is 14.0. The van der Waals surface area contributed by atoms with Gasteiger partial charge in [-0.3, -0.25) is 0 Å². The number of hydrogen-bond donors (Lipinski definition) is 4. The molecule has 2 aromatic heterocycles. The normalized spacial score (nSPS) is 29.1. The van der Waals surface area contributed by atoms with Crippen LogP contribution < -0.4 is 5.73 Å². The lowest BCUT2D eigenvalue weighted by atomic mass is 10.1. The summed E-state index contributed by atoms with van der Waals surface area (Å²) in [5, 5.41) is 18.4. The van der Waals surface area contributed by atoms with Crippen LogP contribution in [0.3, 0.4) is 0 Å². The second-order valence-electron chi connectivity index (χ2n) is 4.44. The molecule has 1 fully saturated rings. The molecule has 108 valence electrons. The molecule has 8 nitrogen and oxygen atoms in total. The van der Waals surface area contributed by atoms with Gasteiger partial charge in [-0.05, 0) is 0 Å². The van der Waals surface area contributed by atoms with Gasteiger partial charge in [0.05, 0.1) is 12.8 Å². The van der Waals surface area contributed by atoms with Crippen LogP contribution in [0.4, 0.5) is 14.7 Å². The molecule has 0 unspecified atom stereocenters. The van der Waals surface area contributed by atoms with Gasteiger partial charge in [-0.2, -0.15) is 4.98 Å². The van der Waals surface area contributed by atoms with E-state index in [0.29, 0.717) is 5.52 Å². The summed E-state index contributed by atoms with van der Waals surface area (Å²) >= 11 is 0. The Bertz CT molecular complexity index is 649. The molecule has 0 aliphatic carbocycles. The molecule has 0 aromatic carbocycles. The number of fused-ring (bicyclic) bond motifs is 1. The molecule has 3 heterocycles. The van der Waals surface area contributed by atoms with E-state index in [4.69, 9.17) is 15.6 Å². The van der Waals surface area contributed by atoms with Gasteiger partial charge in [-0.1, -0.05) is 0 Å². The molecule has 0 radical (unpaired) electrons. The van der Waals surface area contributed by atoms with E-state index in [-0.39, 0.29) is 17.4 Å². The third kappa shape index (κ3) is 1.80. The maximum atomic E-state index is 13.9. The zero-order valence-electron chi connectivity index (χ0n) is 9.99. The smallest absolute Gasteiger partial charge is 0.308 e. The molecule has 0 bridgehead atoms. The van der Waals surface area contributed by atoms with Gasteiger partial charge in [0.1, 0.15) is 23.5 Å². The van der Waals surface area contributed by atoms with Crippen LogP contribution in [-0.4, -0.2) is 54.9 Å². The lowest BCUT2D eigenvalue weighted by molar-refractivity contribution is -0.115. The molecule has 1 aliphatic heterocycles. The molecule has 3 rings (SSSR count). The SMILES string of the molecule is Nc1ncc2[nH]c([C@@H]3O[C@H](CO)[C@@H](O)C3(F)F)nc2n1. The van der Waals surface area contributed by atoms with Crippen LogP contribution in [0.1, 0.15) is 11.9 Å². The van der Waals surface area contributed by atoms with Crippen molar-refractivity contribution < 1.29 is 23.7 Å². The van der Waals surface area contributed by atoms with Crippen LogP contribution in [0.2, 0.25) is 0 Å². The number of aromatic nitrogens is 4. The fraction of sp³-hybridized carbons (Fsp3) is 0.500. The van der Waals surface area contributed by atoms with Crippen LogP contribution in [0, 0.1) is 0 Å². The minimum Gasteiger partial charge on any atom is -0.394 e. The number of aliphatic hydroxyl groups excluding tert-OH is 2. The van der Waals surface area contributed by atoms with Gasteiger partial charge >= 0.3 is 5.92 Å². The van der Waals surface area contributed by atoms with Crippen LogP contribution in [0.5, 0.6) is 0 Å². The third-order valence-electron chi connectivity index (χ3n) is 3.11. The van der Waals surface area contributed by atoms with Crippen LogP contribution in [0.15, 0.2) is 6.20 Å². The number of nitrogens with one attached hydrogen (secondary N) is 1. The van der Waals surface area contributed by atoms with Crippen LogP contribution >= 0.6 is 0 Å². The Morgan fingerprint density at radius 1 is 1.45 bits per heavy atom. The molecule has 20 heavy (non-hydrogen) atoms. The fourth-order valence-electron chi connectivity index (χ4n) is 2.10. The van der Waals surface area contributed by atoms with E-state index in [1.807, 2.05) is 0 Å². The average Bonchev–Trinajstić information content (AvgIpc) is 2.89. The molecule has 0 spiro atoms. The van der Waals surface area contributed by atoms with Gasteiger partial charge in [-0.25, -0.2) is 18.7 Å². The number of nitrogen functional groups attached to an aromatic ring is 1. The highest BCUT2D eigenvalue weighted by Gasteiger charge is 2.59. The molecule has 0 amide bonds. The number of rotatable bonds is 2. The Labute approximate surface area is 110 Å². The number of nitrogens with two attached hydrogens (primary N) is 1. The summed E-state index contributed by atoms with van der Waals surface area (Å²) in [6.07, 6.45) is -3.98. The van der Waals surface area contributed by atoms with Gasteiger partial charge in [0, 0.05) is 0 Å². The molecule has 0 saturated carbocycles. The number of H-pyrrole nitrogens is 1. The molecule has 5 N–H and O–H groups in total. The molecule has 3 atom stereocenters. The Balaban J connectivity index is 2.02. The minimum absolute atomic E-state index is 0.0390. The second kappa shape index (κ2) is 4.30. The van der Waals surface area contributed by atoms with Crippen molar-refractivity contribution in [3.8, 4) is 0 Å². The molecule has 1 aliphatic rings. The fourth-order valence-corrected chi connectivity index (χ4v) is 2.10. The highest BCUT2D eigenvalue weighted by molar-refractivity contribution is 5.70. The highest BCUT2D eigenvalue weighted by Crippen LogP contribution is 2.44. The van der Waals surface area contributed by atoms with Gasteiger partial charge in [-0.15, -0.1) is 0 Å². The second-order valence-corrected chi connectivity index (χ2v) is 4.44. The number of ether oxygens (including phenoxy) is 1. The summed E-state index contributed by atoms with van der Waals surface area (Å²) in [5.41, 5.74) is 5.81. The summed E-state index contributed by atoms with van der Waals surface area (Å²) in [7, 11) is 0. The standard InChI is InChI=1S/C10H11F2N5O3/c11-10(12)5(19)4(2-18)20-6(10)8-15-3-1-14-9(13)17-7(3)16-8/h1,4-6,18-19H,2H2,(H3,13,14,15,16,17)/t4-,5-,6+/m1/s1. The first-order chi connectivity index (χ1) is 9.43. The van der Waals surface area contributed by atoms with E-state index in [9.17, 15) is 13.9 Å². The van der Waals surface area contributed by atoms with E-state index >= 15 is 0 Å². The van der Waals surface area contributed by atoms with E-state index < -0.39 is 30.8 Å². The Hall–Kier alpha value is -1.91. The van der Waals surface area contributed by atoms with Gasteiger partial charge in [0.2, 0.25) is 5.95 Å². The maximum absolute atomic E-state index is 13.9. The molecular formula is C10H11F2N5O3. The number of anilines is 1. The zero-order valence-corrected chi connectivity index (χ0v) is 9.99. The predicted molar refractivity (Wildman–Crippen MR) is 61.7 cm³/mol. The average molecular weight is 287 g/mol. The van der Waals surface area contributed by atoms with Crippen molar-refractivity contribution in [3.05, 3.63) is 12.0 Å². The monoisotopic (exact) mass is 287 g/mol. The largest absolute Gasteiger partial charge is 0.394 e. The van der Waals surface area contributed by atoms with Crippen molar-refractivity contribution in [3.63, 3.8) is 0 Å². The van der Waals surface area contributed by atoms with Crippen LogP contribution in [-0.2, 0) is 4.74 Å². The first-order valence-corrected chi connectivity index (χ1v) is 5.73. The zero-order chi connectivity index (χ0) is 14.5. The number of nitrogens with zero attached hydrogens (tertiary/aromatic N) is 3. The van der Waals surface area contributed by atoms with Crippen molar-refractivity contribution in [2.45, 2.75) is 24.2 Å². The minimum atomic E-state index is -3.58. The molecular weight excluding hydrogens is 276 g/mol. The Kier molecular flexibility index (Phi) is 2.81. The topological polar surface area (TPSA) is 130 Å². The van der Waals surface area contributed by atoms with Gasteiger partial charge in [0.15, 0.2) is 11.8 Å². The molecule has 2 aromatic rings. The van der Waals surface area contributed by atoms with Crippen molar-refractivity contribution in [2.24, 2.45) is 0 Å². The van der Waals surface area contributed by atoms with E-state index in [1.165, 1.54) is 6.20 Å². The molecule has 10 heteroatoms. The number of aliphatic hydroxyl groups is 2. The van der Waals surface area contributed by atoms with E-state index in [1.54, 1.807) is 0 Å². The number of alkyl halides is 2. The summed E-state index contributed by atoms with van der Waals surface area (Å²) in [5.74, 6) is -3.83. The van der Waals surface area contributed by atoms with Gasteiger partial charge < -0.3 is 25.7 Å². The number of hydrogen-bond acceptors (Lipinski definition) is 7. The maximum Gasteiger partial charge on any atom is 0.308 e. The van der Waals surface area contributed by atoms with Gasteiger partial charge in [0.25, 0.3) is 0 Å². The van der Waals surface area contributed by atoms with Crippen molar-refractivity contribution in [1.29, 1.82) is 0 Å². The number of imidazole rings is 1. The van der Waals surface area contributed by atoms with E-state index in [0.717, 1.165) is 0 Å². The predicted octanol–water partition coefficient (Wildman–Crippen LogP) is -0.637. The van der Waals surface area contributed by atoms with Crippen molar-refractivity contribution in [1.82, 2.24) is 19.9 Å². The lowest BCUT2D eigenvalue weighted by Gasteiger charge is -2.17. The first-order valence-electron chi connectivity index (χ1n) is 5.73. The third-order valence-corrected chi connectivity index (χ3v) is 3.11.